The van der Waals surface area contributed by atoms with Crippen molar-refractivity contribution >= 4 is 5.91 Å². The molecule has 1 heterocycles. The van der Waals surface area contributed by atoms with Gasteiger partial charge in [-0.25, -0.2) is 0 Å². The van der Waals surface area contributed by atoms with Crippen molar-refractivity contribution in [2.45, 2.75) is 25.7 Å². The number of hydrogen-bond donors (Lipinski definition) is 1. The van der Waals surface area contributed by atoms with Crippen molar-refractivity contribution in [2.75, 3.05) is 19.8 Å². The number of carbonyl (C=O) groups excluding carboxylic acids is 1. The van der Waals surface area contributed by atoms with Gasteiger partial charge in [0.2, 0.25) is 5.91 Å². The highest BCUT2D eigenvalue weighted by Crippen LogP contribution is 2.61. The number of carbonyl (C=O) groups is 1. The Morgan fingerprint density at radius 3 is 2.69 bits per heavy atom. The van der Waals surface area contributed by atoms with Gasteiger partial charge in [0.1, 0.15) is 0 Å². The first-order valence-corrected chi connectivity index (χ1v) is 5.29. The molecule has 0 aromatic carbocycles. The fraction of sp³-hybridized carbons (Fsp3) is 0.900. The van der Waals surface area contributed by atoms with Gasteiger partial charge in [0, 0.05) is 6.54 Å². The first-order chi connectivity index (χ1) is 6.30. The Hall–Kier alpha value is -0.570. The second-order valence-electron chi connectivity index (χ2n) is 4.81. The summed E-state index contributed by atoms with van der Waals surface area (Å²) in [6.45, 7) is 2.37. The molecule has 0 atom stereocenters. The van der Waals surface area contributed by atoms with E-state index in [0.717, 1.165) is 19.1 Å². The summed E-state index contributed by atoms with van der Waals surface area (Å²) in [4.78, 5) is 13.4. The molecule has 0 aromatic heterocycles. The van der Waals surface area contributed by atoms with Crippen molar-refractivity contribution in [3.8, 4) is 0 Å². The highest BCUT2D eigenvalue weighted by molar-refractivity contribution is 5.80. The lowest BCUT2D eigenvalue weighted by atomic mass is 10.0. The summed E-state index contributed by atoms with van der Waals surface area (Å²) >= 11 is 0. The lowest BCUT2D eigenvalue weighted by Gasteiger charge is -2.22. The average molecular weight is 180 g/mol. The zero-order valence-corrected chi connectivity index (χ0v) is 7.88. The number of nitrogens with one attached hydrogen (secondary N) is 1. The lowest BCUT2D eigenvalue weighted by molar-refractivity contribution is -0.127. The minimum absolute atomic E-state index is 0.298. The third kappa shape index (κ3) is 1.26. The maximum Gasteiger partial charge on any atom is 0.237 e. The summed E-state index contributed by atoms with van der Waals surface area (Å²) in [7, 11) is 0. The molecule has 0 radical (unpaired) electrons. The molecule has 3 rings (SSSR count). The van der Waals surface area contributed by atoms with Crippen molar-refractivity contribution < 1.29 is 4.79 Å². The van der Waals surface area contributed by atoms with Gasteiger partial charge in [0.15, 0.2) is 0 Å². The zero-order chi connectivity index (χ0) is 8.89. The van der Waals surface area contributed by atoms with Gasteiger partial charge in [0.25, 0.3) is 0 Å². The Kier molecular flexibility index (Phi) is 1.48. The normalized spacial score (nSPS) is 31.1. The summed E-state index contributed by atoms with van der Waals surface area (Å²) in [5.74, 6) is 1.26. The Morgan fingerprint density at radius 2 is 2.23 bits per heavy atom. The minimum atomic E-state index is 0.298. The number of amides is 1. The quantitative estimate of drug-likeness (QED) is 0.688. The SMILES string of the molecule is O=C1CNCN1CC1(C2CC2)CC1. The van der Waals surface area contributed by atoms with E-state index in [4.69, 9.17) is 0 Å². The van der Waals surface area contributed by atoms with E-state index in [-0.39, 0.29) is 0 Å². The molecule has 2 saturated carbocycles. The summed E-state index contributed by atoms with van der Waals surface area (Å²) in [6, 6.07) is 0. The molecule has 2 aliphatic carbocycles. The average Bonchev–Trinajstić information content (AvgIpc) is 2.97. The number of hydrogen-bond acceptors (Lipinski definition) is 2. The van der Waals surface area contributed by atoms with E-state index in [2.05, 4.69) is 5.32 Å². The molecule has 3 fully saturated rings. The van der Waals surface area contributed by atoms with E-state index >= 15 is 0 Å². The second kappa shape index (κ2) is 2.47. The van der Waals surface area contributed by atoms with Crippen LogP contribution in [0.15, 0.2) is 0 Å². The van der Waals surface area contributed by atoms with Crippen molar-refractivity contribution in [3.63, 3.8) is 0 Å². The van der Waals surface area contributed by atoms with Crippen LogP contribution in [0.4, 0.5) is 0 Å². The molecule has 0 bridgehead atoms. The molecular weight excluding hydrogens is 164 g/mol. The van der Waals surface area contributed by atoms with Crippen molar-refractivity contribution in [3.05, 3.63) is 0 Å². The van der Waals surface area contributed by atoms with E-state index < -0.39 is 0 Å². The van der Waals surface area contributed by atoms with Crippen LogP contribution in [-0.2, 0) is 4.79 Å². The molecule has 13 heavy (non-hydrogen) atoms. The van der Waals surface area contributed by atoms with Gasteiger partial charge in [0.05, 0.1) is 13.2 Å². The van der Waals surface area contributed by atoms with Gasteiger partial charge in [-0.3, -0.25) is 10.1 Å². The Bertz CT molecular complexity index is 243. The van der Waals surface area contributed by atoms with Crippen LogP contribution in [0.1, 0.15) is 25.7 Å². The first kappa shape index (κ1) is 7.80. The molecule has 1 saturated heterocycles. The van der Waals surface area contributed by atoms with Gasteiger partial charge >= 0.3 is 0 Å². The summed E-state index contributed by atoms with van der Waals surface area (Å²) in [5, 5.41) is 3.11. The third-order valence-electron chi connectivity index (χ3n) is 3.77. The second-order valence-corrected chi connectivity index (χ2v) is 4.81. The van der Waals surface area contributed by atoms with Crippen LogP contribution in [0, 0.1) is 11.3 Å². The standard InChI is InChI=1S/C10H16N2O/c13-9-5-11-7-12(9)6-10(3-4-10)8-1-2-8/h8,11H,1-7H2. The predicted octanol–water partition coefficient (Wildman–Crippen LogP) is 0.566. The maximum atomic E-state index is 11.4. The van der Waals surface area contributed by atoms with E-state index in [1.807, 2.05) is 4.90 Å². The lowest BCUT2D eigenvalue weighted by Crippen LogP contribution is -2.33. The number of nitrogens with zero attached hydrogens (tertiary/aromatic N) is 1. The molecular formula is C10H16N2O. The number of rotatable bonds is 3. The van der Waals surface area contributed by atoms with Crippen molar-refractivity contribution in [2.24, 2.45) is 11.3 Å². The van der Waals surface area contributed by atoms with Crippen LogP contribution in [0.2, 0.25) is 0 Å². The van der Waals surface area contributed by atoms with E-state index in [9.17, 15) is 4.79 Å². The van der Waals surface area contributed by atoms with E-state index in [1.165, 1.54) is 25.7 Å². The van der Waals surface area contributed by atoms with Gasteiger partial charge in [-0.1, -0.05) is 0 Å². The summed E-state index contributed by atoms with van der Waals surface area (Å²) < 4.78 is 0. The molecule has 0 spiro atoms. The highest BCUT2D eigenvalue weighted by Gasteiger charge is 2.54. The van der Waals surface area contributed by atoms with Gasteiger partial charge in [-0.2, -0.15) is 0 Å². The highest BCUT2D eigenvalue weighted by atomic mass is 16.2. The molecule has 1 aliphatic heterocycles. The van der Waals surface area contributed by atoms with Crippen LogP contribution in [0.3, 0.4) is 0 Å². The third-order valence-corrected chi connectivity index (χ3v) is 3.77. The largest absolute Gasteiger partial charge is 0.328 e. The van der Waals surface area contributed by atoms with Crippen molar-refractivity contribution in [1.82, 2.24) is 10.2 Å². The summed E-state index contributed by atoms with van der Waals surface area (Å²) in [5.41, 5.74) is 0.571. The Balaban J connectivity index is 1.64. The molecule has 1 N–H and O–H groups in total. The molecule has 3 aliphatic rings. The zero-order valence-electron chi connectivity index (χ0n) is 7.88. The summed E-state index contributed by atoms with van der Waals surface area (Å²) in [6.07, 6.45) is 5.55. The van der Waals surface area contributed by atoms with Crippen LogP contribution < -0.4 is 5.32 Å². The first-order valence-electron chi connectivity index (χ1n) is 5.29. The van der Waals surface area contributed by atoms with Crippen LogP contribution in [0.25, 0.3) is 0 Å². The van der Waals surface area contributed by atoms with E-state index in [1.54, 1.807) is 0 Å². The van der Waals surface area contributed by atoms with Gasteiger partial charge in [-0.15, -0.1) is 0 Å². The minimum Gasteiger partial charge on any atom is -0.328 e. The topological polar surface area (TPSA) is 32.3 Å². The monoisotopic (exact) mass is 180 g/mol. The fourth-order valence-corrected chi connectivity index (χ4v) is 2.57. The van der Waals surface area contributed by atoms with Gasteiger partial charge < -0.3 is 4.90 Å². The Labute approximate surface area is 78.5 Å². The molecule has 3 nitrogen and oxygen atoms in total. The van der Waals surface area contributed by atoms with Gasteiger partial charge in [-0.05, 0) is 37.0 Å². The Morgan fingerprint density at radius 1 is 1.46 bits per heavy atom. The fourth-order valence-electron chi connectivity index (χ4n) is 2.57. The molecule has 3 heteroatoms. The van der Waals surface area contributed by atoms with Crippen LogP contribution >= 0.6 is 0 Å². The van der Waals surface area contributed by atoms with Crippen molar-refractivity contribution in [1.29, 1.82) is 0 Å². The predicted molar refractivity (Wildman–Crippen MR) is 49.0 cm³/mol. The smallest absolute Gasteiger partial charge is 0.237 e. The van der Waals surface area contributed by atoms with Crippen LogP contribution in [0.5, 0.6) is 0 Å². The maximum absolute atomic E-state index is 11.4. The molecule has 72 valence electrons. The van der Waals surface area contributed by atoms with E-state index in [0.29, 0.717) is 17.9 Å². The molecule has 0 unspecified atom stereocenters. The van der Waals surface area contributed by atoms with Crippen LogP contribution in [-0.4, -0.2) is 30.6 Å². The molecule has 0 aromatic rings. The molecule has 1 amide bonds.